The summed E-state index contributed by atoms with van der Waals surface area (Å²) in [6.45, 7) is 0. The minimum absolute atomic E-state index is 0.0616. The smallest absolute Gasteiger partial charge is 0.123 e. The molecule has 0 fully saturated rings. The molecule has 2 aromatic rings. The first kappa shape index (κ1) is 11.2. The van der Waals surface area contributed by atoms with Crippen molar-refractivity contribution >= 4 is 5.84 Å². The van der Waals surface area contributed by atoms with Gasteiger partial charge in [0.15, 0.2) is 0 Å². The predicted octanol–water partition coefficient (Wildman–Crippen LogP) is 2.65. The van der Waals surface area contributed by atoms with E-state index in [0.29, 0.717) is 0 Å². The van der Waals surface area contributed by atoms with Crippen LogP contribution in [0.4, 0.5) is 0 Å². The molecule has 0 spiro atoms. The van der Waals surface area contributed by atoms with E-state index in [1.54, 1.807) is 7.11 Å². The minimum atomic E-state index is 0.0616. The molecule has 86 valence electrons. The van der Waals surface area contributed by atoms with Gasteiger partial charge in [0.05, 0.1) is 7.11 Å². The molecular weight excluding hydrogens is 212 g/mol. The number of methoxy groups -OCH3 is 1. The highest BCUT2D eigenvalue weighted by atomic mass is 16.5. The fourth-order valence-corrected chi connectivity index (χ4v) is 1.74. The Morgan fingerprint density at radius 1 is 1.12 bits per heavy atom. The van der Waals surface area contributed by atoms with Crippen LogP contribution in [0.3, 0.4) is 0 Å². The molecule has 0 aliphatic rings. The summed E-state index contributed by atoms with van der Waals surface area (Å²) in [6.07, 6.45) is 0. The SMILES string of the molecule is COc1ccc(C(=N)N)c(-c2ccccc2)c1. The second kappa shape index (κ2) is 4.70. The predicted molar refractivity (Wildman–Crippen MR) is 69.4 cm³/mol. The van der Waals surface area contributed by atoms with Crippen molar-refractivity contribution in [2.45, 2.75) is 0 Å². The molecule has 0 amide bonds. The first-order chi connectivity index (χ1) is 8.22. The third-order valence-corrected chi connectivity index (χ3v) is 2.60. The van der Waals surface area contributed by atoms with Crippen molar-refractivity contribution in [1.82, 2.24) is 0 Å². The molecule has 3 nitrogen and oxygen atoms in total. The van der Waals surface area contributed by atoms with Gasteiger partial charge in [-0.25, -0.2) is 0 Å². The molecular formula is C14H14N2O. The van der Waals surface area contributed by atoms with Crippen LogP contribution in [0.5, 0.6) is 5.75 Å². The van der Waals surface area contributed by atoms with Crippen molar-refractivity contribution < 1.29 is 4.74 Å². The Morgan fingerprint density at radius 3 is 2.41 bits per heavy atom. The molecule has 0 aliphatic carbocycles. The average Bonchev–Trinajstić information content (AvgIpc) is 2.39. The molecule has 0 heterocycles. The standard InChI is InChI=1S/C14H14N2O/c1-17-11-7-8-12(14(15)16)13(9-11)10-5-3-2-4-6-10/h2-9H,1H3,(H3,15,16). The van der Waals surface area contributed by atoms with Crippen LogP contribution in [0, 0.1) is 5.41 Å². The van der Waals surface area contributed by atoms with E-state index in [1.165, 1.54) is 0 Å². The summed E-state index contributed by atoms with van der Waals surface area (Å²) in [7, 11) is 1.62. The number of hydrogen-bond acceptors (Lipinski definition) is 2. The Hall–Kier alpha value is -2.29. The lowest BCUT2D eigenvalue weighted by molar-refractivity contribution is 0.415. The molecule has 0 radical (unpaired) electrons. The summed E-state index contributed by atoms with van der Waals surface area (Å²) >= 11 is 0. The van der Waals surface area contributed by atoms with Crippen molar-refractivity contribution in [2.75, 3.05) is 7.11 Å². The fraction of sp³-hybridized carbons (Fsp3) is 0.0714. The van der Waals surface area contributed by atoms with Crippen LogP contribution in [0.15, 0.2) is 48.5 Å². The molecule has 0 bridgehead atoms. The largest absolute Gasteiger partial charge is 0.497 e. The van der Waals surface area contributed by atoms with Crippen LogP contribution in [0.1, 0.15) is 5.56 Å². The van der Waals surface area contributed by atoms with Crippen molar-refractivity contribution in [1.29, 1.82) is 5.41 Å². The zero-order valence-corrected chi connectivity index (χ0v) is 9.60. The van der Waals surface area contributed by atoms with Crippen LogP contribution in [-0.2, 0) is 0 Å². The maximum Gasteiger partial charge on any atom is 0.123 e. The van der Waals surface area contributed by atoms with Crippen LogP contribution < -0.4 is 10.5 Å². The zero-order chi connectivity index (χ0) is 12.3. The van der Waals surface area contributed by atoms with Crippen molar-refractivity contribution in [3.05, 3.63) is 54.1 Å². The van der Waals surface area contributed by atoms with Gasteiger partial charge in [0.2, 0.25) is 0 Å². The quantitative estimate of drug-likeness (QED) is 0.624. The summed E-state index contributed by atoms with van der Waals surface area (Å²) in [6, 6.07) is 15.4. The molecule has 0 atom stereocenters. The third kappa shape index (κ3) is 2.28. The summed E-state index contributed by atoms with van der Waals surface area (Å²) in [5.74, 6) is 0.820. The number of rotatable bonds is 3. The fourth-order valence-electron chi connectivity index (χ4n) is 1.74. The van der Waals surface area contributed by atoms with Gasteiger partial charge in [-0.2, -0.15) is 0 Å². The van der Waals surface area contributed by atoms with Gasteiger partial charge in [-0.15, -0.1) is 0 Å². The van der Waals surface area contributed by atoms with Crippen LogP contribution in [0.2, 0.25) is 0 Å². The van der Waals surface area contributed by atoms with Crippen LogP contribution in [-0.4, -0.2) is 12.9 Å². The molecule has 0 saturated carbocycles. The van der Waals surface area contributed by atoms with E-state index < -0.39 is 0 Å². The van der Waals surface area contributed by atoms with E-state index in [1.807, 2.05) is 48.5 Å². The molecule has 0 saturated heterocycles. The first-order valence-electron chi connectivity index (χ1n) is 5.30. The Balaban J connectivity index is 2.61. The summed E-state index contributed by atoms with van der Waals surface area (Å²) < 4.78 is 5.20. The lowest BCUT2D eigenvalue weighted by Gasteiger charge is -2.10. The Labute approximate surface area is 100 Å². The summed E-state index contributed by atoms with van der Waals surface area (Å²) in [4.78, 5) is 0. The number of hydrogen-bond donors (Lipinski definition) is 2. The van der Waals surface area contributed by atoms with Crippen molar-refractivity contribution in [3.63, 3.8) is 0 Å². The van der Waals surface area contributed by atoms with E-state index in [9.17, 15) is 0 Å². The topological polar surface area (TPSA) is 59.1 Å². The minimum Gasteiger partial charge on any atom is -0.497 e. The summed E-state index contributed by atoms with van der Waals surface area (Å²) in [5.41, 5.74) is 8.24. The number of benzene rings is 2. The molecule has 17 heavy (non-hydrogen) atoms. The molecule has 3 N–H and O–H groups in total. The summed E-state index contributed by atoms with van der Waals surface area (Å²) in [5, 5.41) is 7.59. The normalized spacial score (nSPS) is 9.94. The van der Waals surface area contributed by atoms with E-state index in [4.69, 9.17) is 15.9 Å². The monoisotopic (exact) mass is 226 g/mol. The molecule has 0 unspecified atom stereocenters. The highest BCUT2D eigenvalue weighted by molar-refractivity contribution is 6.01. The molecule has 2 rings (SSSR count). The van der Waals surface area contributed by atoms with E-state index in [-0.39, 0.29) is 5.84 Å². The van der Waals surface area contributed by atoms with Crippen LogP contribution >= 0.6 is 0 Å². The number of nitrogens with one attached hydrogen (secondary N) is 1. The van der Waals surface area contributed by atoms with Gasteiger partial charge in [0.25, 0.3) is 0 Å². The zero-order valence-electron chi connectivity index (χ0n) is 9.60. The molecule has 0 aliphatic heterocycles. The Kier molecular flexibility index (Phi) is 3.10. The first-order valence-corrected chi connectivity index (χ1v) is 5.30. The third-order valence-electron chi connectivity index (χ3n) is 2.60. The number of nitrogen functional groups attached to an aromatic ring is 1. The molecule has 2 aromatic carbocycles. The maximum absolute atomic E-state index is 7.59. The lowest BCUT2D eigenvalue weighted by Crippen LogP contribution is -2.12. The number of nitrogens with two attached hydrogens (primary N) is 1. The van der Waals surface area contributed by atoms with Gasteiger partial charge in [0.1, 0.15) is 11.6 Å². The Morgan fingerprint density at radius 2 is 1.82 bits per heavy atom. The van der Waals surface area contributed by atoms with Gasteiger partial charge < -0.3 is 10.5 Å². The highest BCUT2D eigenvalue weighted by Crippen LogP contribution is 2.27. The van der Waals surface area contributed by atoms with Gasteiger partial charge in [0, 0.05) is 5.56 Å². The molecule has 0 aromatic heterocycles. The second-order valence-electron chi connectivity index (χ2n) is 3.69. The maximum atomic E-state index is 7.59. The van der Waals surface area contributed by atoms with Crippen molar-refractivity contribution in [2.24, 2.45) is 5.73 Å². The van der Waals surface area contributed by atoms with Gasteiger partial charge in [-0.1, -0.05) is 30.3 Å². The Bertz CT molecular complexity index is 535. The van der Waals surface area contributed by atoms with E-state index in [0.717, 1.165) is 22.4 Å². The van der Waals surface area contributed by atoms with E-state index >= 15 is 0 Å². The highest BCUT2D eigenvalue weighted by Gasteiger charge is 2.08. The van der Waals surface area contributed by atoms with Gasteiger partial charge in [-0.3, -0.25) is 5.41 Å². The lowest BCUT2D eigenvalue weighted by atomic mass is 9.99. The molecule has 3 heteroatoms. The number of amidine groups is 1. The van der Waals surface area contributed by atoms with Gasteiger partial charge in [-0.05, 0) is 29.3 Å². The second-order valence-corrected chi connectivity index (χ2v) is 3.69. The van der Waals surface area contributed by atoms with E-state index in [2.05, 4.69) is 0 Å². The number of ether oxygens (including phenoxy) is 1. The average molecular weight is 226 g/mol. The van der Waals surface area contributed by atoms with Gasteiger partial charge >= 0.3 is 0 Å². The van der Waals surface area contributed by atoms with Crippen LogP contribution in [0.25, 0.3) is 11.1 Å². The van der Waals surface area contributed by atoms with Crippen molar-refractivity contribution in [3.8, 4) is 16.9 Å².